The van der Waals surface area contributed by atoms with E-state index in [1.807, 2.05) is 48.5 Å². The van der Waals surface area contributed by atoms with Crippen LogP contribution >= 0.6 is 11.6 Å². The summed E-state index contributed by atoms with van der Waals surface area (Å²) < 4.78 is 11.4. The van der Waals surface area contributed by atoms with Gasteiger partial charge in [-0.15, -0.1) is 0 Å². The van der Waals surface area contributed by atoms with E-state index in [0.29, 0.717) is 11.6 Å². The van der Waals surface area contributed by atoms with Crippen LogP contribution in [-0.4, -0.2) is 19.3 Å². The zero-order valence-corrected chi connectivity index (χ0v) is 13.8. The van der Waals surface area contributed by atoms with E-state index in [0.717, 1.165) is 30.2 Å². The van der Waals surface area contributed by atoms with Gasteiger partial charge in [0.15, 0.2) is 0 Å². The Hall–Kier alpha value is -1.87. The Balaban J connectivity index is 1.76. The summed E-state index contributed by atoms with van der Waals surface area (Å²) in [5.74, 6) is 1.71. The first-order chi connectivity index (χ1) is 10.7. The molecule has 0 amide bonds. The molecule has 2 aromatic rings. The van der Waals surface area contributed by atoms with Crippen LogP contribution in [0.25, 0.3) is 0 Å². The molecule has 3 nitrogen and oxygen atoms in total. The van der Waals surface area contributed by atoms with E-state index in [-0.39, 0.29) is 6.10 Å². The van der Waals surface area contributed by atoms with Crippen LogP contribution in [0.4, 0.5) is 5.69 Å². The van der Waals surface area contributed by atoms with Gasteiger partial charge in [0.1, 0.15) is 18.1 Å². The molecule has 22 heavy (non-hydrogen) atoms. The standard InChI is InChI=1S/C18H22ClNO2/c1-3-14(2)22-18-6-4-5-16(13-18)20-11-12-21-17-9-7-15(19)8-10-17/h4-10,13-14,20H,3,11-12H2,1-2H3. The van der Waals surface area contributed by atoms with Gasteiger partial charge in [-0.05, 0) is 49.7 Å². The van der Waals surface area contributed by atoms with E-state index in [4.69, 9.17) is 21.1 Å². The lowest BCUT2D eigenvalue weighted by Gasteiger charge is -2.14. The highest BCUT2D eigenvalue weighted by Crippen LogP contribution is 2.19. The third kappa shape index (κ3) is 5.49. The Labute approximate surface area is 137 Å². The van der Waals surface area contributed by atoms with Crippen LogP contribution in [0.15, 0.2) is 48.5 Å². The lowest BCUT2D eigenvalue weighted by Crippen LogP contribution is -2.12. The third-order valence-corrected chi connectivity index (χ3v) is 3.51. The number of hydrogen-bond acceptors (Lipinski definition) is 3. The van der Waals surface area contributed by atoms with Crippen LogP contribution < -0.4 is 14.8 Å². The maximum absolute atomic E-state index is 5.83. The predicted octanol–water partition coefficient (Wildman–Crippen LogP) is 5.01. The van der Waals surface area contributed by atoms with Crippen molar-refractivity contribution in [1.82, 2.24) is 0 Å². The van der Waals surface area contributed by atoms with Crippen molar-refractivity contribution in [2.45, 2.75) is 26.4 Å². The Bertz CT molecular complexity index is 572. The molecule has 0 aromatic heterocycles. The minimum atomic E-state index is 0.225. The number of rotatable bonds is 8. The van der Waals surface area contributed by atoms with Crippen LogP contribution in [0.3, 0.4) is 0 Å². The van der Waals surface area contributed by atoms with Gasteiger partial charge in [-0.25, -0.2) is 0 Å². The predicted molar refractivity (Wildman–Crippen MR) is 92.3 cm³/mol. The molecular weight excluding hydrogens is 298 g/mol. The first-order valence-electron chi connectivity index (χ1n) is 7.56. The minimum Gasteiger partial charge on any atom is -0.492 e. The second-order valence-electron chi connectivity index (χ2n) is 5.09. The van der Waals surface area contributed by atoms with Crippen molar-refractivity contribution in [3.63, 3.8) is 0 Å². The van der Waals surface area contributed by atoms with Crippen LogP contribution in [0.1, 0.15) is 20.3 Å². The van der Waals surface area contributed by atoms with E-state index in [1.54, 1.807) is 0 Å². The molecule has 2 aromatic carbocycles. The minimum absolute atomic E-state index is 0.225. The summed E-state index contributed by atoms with van der Waals surface area (Å²) in [5, 5.41) is 4.04. The van der Waals surface area contributed by atoms with Crippen LogP contribution in [0, 0.1) is 0 Å². The molecule has 118 valence electrons. The van der Waals surface area contributed by atoms with Gasteiger partial charge in [0.2, 0.25) is 0 Å². The molecular formula is C18H22ClNO2. The average Bonchev–Trinajstić information content (AvgIpc) is 2.53. The first-order valence-corrected chi connectivity index (χ1v) is 7.94. The van der Waals surface area contributed by atoms with Crippen LogP contribution in [0.5, 0.6) is 11.5 Å². The Morgan fingerprint density at radius 2 is 1.86 bits per heavy atom. The highest BCUT2D eigenvalue weighted by Gasteiger charge is 2.02. The van der Waals surface area contributed by atoms with Crippen molar-refractivity contribution in [3.05, 3.63) is 53.6 Å². The summed E-state index contributed by atoms with van der Waals surface area (Å²) in [6.07, 6.45) is 1.22. The Morgan fingerprint density at radius 1 is 1.09 bits per heavy atom. The monoisotopic (exact) mass is 319 g/mol. The smallest absolute Gasteiger partial charge is 0.121 e. The topological polar surface area (TPSA) is 30.5 Å². The van der Waals surface area contributed by atoms with Gasteiger partial charge in [0.05, 0.1) is 6.10 Å². The Morgan fingerprint density at radius 3 is 2.59 bits per heavy atom. The number of hydrogen-bond donors (Lipinski definition) is 1. The number of halogens is 1. The maximum Gasteiger partial charge on any atom is 0.121 e. The van der Waals surface area contributed by atoms with Crippen molar-refractivity contribution in [2.75, 3.05) is 18.5 Å². The molecule has 0 aliphatic heterocycles. The Kier molecular flexibility index (Phi) is 6.41. The summed E-state index contributed by atoms with van der Waals surface area (Å²) in [4.78, 5) is 0. The largest absolute Gasteiger partial charge is 0.492 e. The first kappa shape index (κ1) is 16.5. The van der Waals surface area contributed by atoms with Gasteiger partial charge < -0.3 is 14.8 Å². The fourth-order valence-corrected chi connectivity index (χ4v) is 2.02. The molecule has 0 saturated carbocycles. The quantitative estimate of drug-likeness (QED) is 0.694. The average molecular weight is 320 g/mol. The second kappa shape index (κ2) is 8.54. The molecule has 0 bridgehead atoms. The van der Waals surface area contributed by atoms with Crippen molar-refractivity contribution < 1.29 is 9.47 Å². The van der Waals surface area contributed by atoms with Gasteiger partial charge in [-0.1, -0.05) is 24.6 Å². The summed E-state index contributed by atoms with van der Waals surface area (Å²) >= 11 is 5.83. The fourth-order valence-electron chi connectivity index (χ4n) is 1.89. The number of anilines is 1. The highest BCUT2D eigenvalue weighted by molar-refractivity contribution is 6.30. The van der Waals surface area contributed by atoms with Crippen molar-refractivity contribution in [1.29, 1.82) is 0 Å². The molecule has 0 radical (unpaired) electrons. The van der Waals surface area contributed by atoms with E-state index >= 15 is 0 Å². The summed E-state index contributed by atoms with van der Waals surface area (Å²) in [6, 6.07) is 15.4. The number of benzene rings is 2. The van der Waals surface area contributed by atoms with Crippen molar-refractivity contribution in [3.8, 4) is 11.5 Å². The second-order valence-corrected chi connectivity index (χ2v) is 5.53. The molecule has 0 fully saturated rings. The van der Waals surface area contributed by atoms with Gasteiger partial charge in [0, 0.05) is 23.3 Å². The van der Waals surface area contributed by atoms with Crippen molar-refractivity contribution >= 4 is 17.3 Å². The maximum atomic E-state index is 5.83. The lowest BCUT2D eigenvalue weighted by atomic mass is 10.2. The van der Waals surface area contributed by atoms with E-state index in [2.05, 4.69) is 19.2 Å². The molecule has 0 spiro atoms. The number of ether oxygens (including phenoxy) is 2. The van der Waals surface area contributed by atoms with E-state index in [1.165, 1.54) is 0 Å². The van der Waals surface area contributed by atoms with Crippen molar-refractivity contribution in [2.24, 2.45) is 0 Å². The zero-order valence-electron chi connectivity index (χ0n) is 13.0. The molecule has 0 saturated heterocycles. The molecule has 4 heteroatoms. The third-order valence-electron chi connectivity index (χ3n) is 3.26. The summed E-state index contributed by atoms with van der Waals surface area (Å²) in [6.45, 7) is 5.48. The van der Waals surface area contributed by atoms with E-state index in [9.17, 15) is 0 Å². The molecule has 0 aliphatic carbocycles. The zero-order chi connectivity index (χ0) is 15.8. The molecule has 0 aliphatic rings. The lowest BCUT2D eigenvalue weighted by molar-refractivity contribution is 0.217. The molecule has 1 N–H and O–H groups in total. The van der Waals surface area contributed by atoms with Gasteiger partial charge in [-0.3, -0.25) is 0 Å². The molecule has 0 heterocycles. The molecule has 2 rings (SSSR count). The molecule has 1 atom stereocenters. The SMILES string of the molecule is CCC(C)Oc1cccc(NCCOc2ccc(Cl)cc2)c1. The van der Waals surface area contributed by atoms with Gasteiger partial charge in [0.25, 0.3) is 0 Å². The van der Waals surface area contributed by atoms with Crippen LogP contribution in [-0.2, 0) is 0 Å². The van der Waals surface area contributed by atoms with Gasteiger partial charge in [-0.2, -0.15) is 0 Å². The van der Waals surface area contributed by atoms with Crippen LogP contribution in [0.2, 0.25) is 5.02 Å². The van der Waals surface area contributed by atoms with Gasteiger partial charge >= 0.3 is 0 Å². The van der Waals surface area contributed by atoms with E-state index < -0.39 is 0 Å². The summed E-state index contributed by atoms with van der Waals surface area (Å²) in [5.41, 5.74) is 1.03. The normalized spacial score (nSPS) is 11.8. The number of nitrogens with one attached hydrogen (secondary N) is 1. The fraction of sp³-hybridized carbons (Fsp3) is 0.333. The molecule has 1 unspecified atom stereocenters. The summed E-state index contributed by atoms with van der Waals surface area (Å²) in [7, 11) is 0. The highest BCUT2D eigenvalue weighted by atomic mass is 35.5.